The van der Waals surface area contributed by atoms with E-state index in [-0.39, 0.29) is 35.9 Å². The Morgan fingerprint density at radius 3 is 2.34 bits per heavy atom. The summed E-state index contributed by atoms with van der Waals surface area (Å²) >= 11 is 0. The van der Waals surface area contributed by atoms with E-state index in [1.54, 1.807) is 0 Å². The lowest BCUT2D eigenvalue weighted by Crippen LogP contribution is -2.55. The lowest BCUT2D eigenvalue weighted by molar-refractivity contribution is -0.123. The smallest absolute Gasteiger partial charge is 0.234 e. The highest BCUT2D eigenvalue weighted by atomic mass is 127. The molecule has 1 unspecified atom stereocenters. The molecule has 1 atom stereocenters. The van der Waals surface area contributed by atoms with Crippen molar-refractivity contribution in [3.05, 3.63) is 0 Å². The molecule has 2 aliphatic heterocycles. The van der Waals surface area contributed by atoms with Crippen LogP contribution in [0.15, 0.2) is 4.99 Å². The minimum atomic E-state index is 0. The molecule has 0 aromatic rings. The molecule has 0 bridgehead atoms. The second kappa shape index (κ2) is 13.6. The van der Waals surface area contributed by atoms with Gasteiger partial charge in [0.15, 0.2) is 5.96 Å². The van der Waals surface area contributed by atoms with Crippen molar-refractivity contribution in [1.82, 2.24) is 25.3 Å². The summed E-state index contributed by atoms with van der Waals surface area (Å²) in [5.74, 6) is 2.56. The first-order valence-corrected chi connectivity index (χ1v) is 11.1. The number of guanidine groups is 1. The fraction of sp³-hybridized carbons (Fsp3) is 0.905. The zero-order valence-corrected chi connectivity index (χ0v) is 21.4. The molecule has 2 fully saturated rings. The standard InChI is InChI=1S/C21H42N6O.HI/c1-17(2)14-26-8-6-7-19(15-26)13-23-21(22-5)27-11-9-25(10-12-27)16-20(28)24-18(3)4;/h17-19H,6-16H2,1-5H3,(H,22,23)(H,24,28);1H. The largest absolute Gasteiger partial charge is 0.356 e. The van der Waals surface area contributed by atoms with Crippen molar-refractivity contribution in [2.45, 2.75) is 46.6 Å². The number of nitrogens with one attached hydrogen (secondary N) is 2. The third-order valence-electron chi connectivity index (χ3n) is 5.48. The first kappa shape index (κ1) is 26.4. The number of halogens is 1. The number of carbonyl (C=O) groups is 1. The topological polar surface area (TPSA) is 63.2 Å². The molecular formula is C21H43IN6O. The first-order chi connectivity index (χ1) is 13.4. The SMILES string of the molecule is CN=C(NCC1CCCN(CC(C)C)C1)N1CCN(CC(=O)NC(C)C)CC1.I. The molecule has 0 aromatic carbocycles. The van der Waals surface area contributed by atoms with Crippen LogP contribution in [0.1, 0.15) is 40.5 Å². The summed E-state index contributed by atoms with van der Waals surface area (Å²) in [7, 11) is 1.87. The van der Waals surface area contributed by atoms with Gasteiger partial charge in [0, 0.05) is 58.9 Å². The molecule has 0 aliphatic carbocycles. The van der Waals surface area contributed by atoms with E-state index < -0.39 is 0 Å². The molecule has 1 amide bonds. The van der Waals surface area contributed by atoms with Gasteiger partial charge in [0.1, 0.15) is 0 Å². The Hall–Kier alpha value is -0.610. The molecule has 2 aliphatic rings. The van der Waals surface area contributed by atoms with Gasteiger partial charge in [-0.05, 0) is 45.1 Å². The number of hydrogen-bond acceptors (Lipinski definition) is 4. The highest BCUT2D eigenvalue weighted by molar-refractivity contribution is 14.0. The van der Waals surface area contributed by atoms with Crippen molar-refractivity contribution in [1.29, 1.82) is 0 Å². The number of piperidine rings is 1. The summed E-state index contributed by atoms with van der Waals surface area (Å²) < 4.78 is 0. The molecule has 170 valence electrons. The summed E-state index contributed by atoms with van der Waals surface area (Å²) in [6, 6.07) is 0.202. The Morgan fingerprint density at radius 2 is 1.76 bits per heavy atom. The van der Waals surface area contributed by atoms with Crippen molar-refractivity contribution in [2.24, 2.45) is 16.8 Å². The Morgan fingerprint density at radius 1 is 1.07 bits per heavy atom. The van der Waals surface area contributed by atoms with E-state index in [0.29, 0.717) is 12.5 Å². The van der Waals surface area contributed by atoms with Crippen LogP contribution in [0, 0.1) is 11.8 Å². The maximum atomic E-state index is 12.0. The summed E-state index contributed by atoms with van der Waals surface area (Å²) in [5.41, 5.74) is 0. The summed E-state index contributed by atoms with van der Waals surface area (Å²) in [5, 5.41) is 6.59. The van der Waals surface area contributed by atoms with E-state index in [1.807, 2.05) is 20.9 Å². The predicted molar refractivity (Wildman–Crippen MR) is 132 cm³/mol. The zero-order valence-electron chi connectivity index (χ0n) is 19.1. The fourth-order valence-electron chi connectivity index (χ4n) is 4.26. The maximum absolute atomic E-state index is 12.0. The predicted octanol–water partition coefficient (Wildman–Crippen LogP) is 1.69. The van der Waals surface area contributed by atoms with Crippen molar-refractivity contribution in [3.8, 4) is 0 Å². The molecule has 8 heteroatoms. The van der Waals surface area contributed by atoms with Crippen LogP contribution in [0.2, 0.25) is 0 Å². The van der Waals surface area contributed by atoms with Crippen LogP contribution >= 0.6 is 24.0 Å². The number of likely N-dealkylation sites (tertiary alicyclic amines) is 1. The normalized spacial score (nSPS) is 22.0. The van der Waals surface area contributed by atoms with Gasteiger partial charge < -0.3 is 20.4 Å². The number of nitrogens with zero attached hydrogens (tertiary/aromatic N) is 4. The molecule has 0 aromatic heterocycles. The maximum Gasteiger partial charge on any atom is 0.234 e. The molecule has 2 N–H and O–H groups in total. The monoisotopic (exact) mass is 522 g/mol. The van der Waals surface area contributed by atoms with Crippen LogP contribution in [0.5, 0.6) is 0 Å². The van der Waals surface area contributed by atoms with Gasteiger partial charge in [-0.1, -0.05) is 13.8 Å². The van der Waals surface area contributed by atoms with Crippen LogP contribution in [0.4, 0.5) is 0 Å². The number of aliphatic imine (C=N–C) groups is 1. The molecule has 2 heterocycles. The summed E-state index contributed by atoms with van der Waals surface area (Å²) in [4.78, 5) is 23.6. The van der Waals surface area contributed by atoms with Crippen molar-refractivity contribution in [3.63, 3.8) is 0 Å². The van der Waals surface area contributed by atoms with Gasteiger partial charge in [0.25, 0.3) is 0 Å². The minimum Gasteiger partial charge on any atom is -0.356 e. The quantitative estimate of drug-likeness (QED) is 0.303. The Bertz CT molecular complexity index is 505. The number of rotatable bonds is 7. The van der Waals surface area contributed by atoms with Gasteiger partial charge in [-0.3, -0.25) is 14.7 Å². The van der Waals surface area contributed by atoms with Crippen LogP contribution in [-0.4, -0.2) is 98.6 Å². The molecule has 29 heavy (non-hydrogen) atoms. The van der Waals surface area contributed by atoms with Crippen LogP contribution in [-0.2, 0) is 4.79 Å². The third-order valence-corrected chi connectivity index (χ3v) is 5.48. The lowest BCUT2D eigenvalue weighted by Gasteiger charge is -2.37. The fourth-order valence-corrected chi connectivity index (χ4v) is 4.26. The summed E-state index contributed by atoms with van der Waals surface area (Å²) in [6.45, 7) is 17.4. The molecule has 2 rings (SSSR count). The third kappa shape index (κ3) is 9.83. The second-order valence-corrected chi connectivity index (χ2v) is 9.08. The molecule has 7 nitrogen and oxygen atoms in total. The Labute approximate surface area is 195 Å². The van der Waals surface area contributed by atoms with Gasteiger partial charge in [-0.25, -0.2) is 0 Å². The van der Waals surface area contributed by atoms with E-state index in [2.05, 4.69) is 44.2 Å². The second-order valence-electron chi connectivity index (χ2n) is 9.08. The van der Waals surface area contributed by atoms with Crippen molar-refractivity contribution >= 4 is 35.8 Å². The highest BCUT2D eigenvalue weighted by Crippen LogP contribution is 2.17. The summed E-state index contributed by atoms with van der Waals surface area (Å²) in [6.07, 6.45) is 2.60. The minimum absolute atomic E-state index is 0. The Balaban J connectivity index is 0.00000420. The van der Waals surface area contributed by atoms with Crippen molar-refractivity contribution in [2.75, 3.05) is 66.0 Å². The number of hydrogen-bond donors (Lipinski definition) is 2. The van der Waals surface area contributed by atoms with Crippen LogP contribution in [0.3, 0.4) is 0 Å². The Kier molecular flexibility index (Phi) is 12.4. The zero-order chi connectivity index (χ0) is 20.5. The first-order valence-electron chi connectivity index (χ1n) is 11.1. The van der Waals surface area contributed by atoms with Gasteiger partial charge in [0.05, 0.1) is 6.54 Å². The highest BCUT2D eigenvalue weighted by Gasteiger charge is 2.24. The van der Waals surface area contributed by atoms with E-state index >= 15 is 0 Å². The number of piperazine rings is 1. The average Bonchev–Trinajstić information content (AvgIpc) is 2.62. The van der Waals surface area contributed by atoms with E-state index in [9.17, 15) is 4.79 Å². The molecule has 0 spiro atoms. The van der Waals surface area contributed by atoms with E-state index in [4.69, 9.17) is 0 Å². The van der Waals surface area contributed by atoms with Gasteiger partial charge in [0.2, 0.25) is 5.91 Å². The van der Waals surface area contributed by atoms with Gasteiger partial charge >= 0.3 is 0 Å². The van der Waals surface area contributed by atoms with E-state index in [1.165, 1.54) is 32.5 Å². The van der Waals surface area contributed by atoms with Gasteiger partial charge in [-0.2, -0.15) is 0 Å². The lowest BCUT2D eigenvalue weighted by atomic mass is 9.97. The van der Waals surface area contributed by atoms with Crippen LogP contribution < -0.4 is 10.6 Å². The van der Waals surface area contributed by atoms with Crippen LogP contribution in [0.25, 0.3) is 0 Å². The molecular weight excluding hydrogens is 479 g/mol. The van der Waals surface area contributed by atoms with Crippen molar-refractivity contribution < 1.29 is 4.79 Å². The number of amides is 1. The average molecular weight is 523 g/mol. The van der Waals surface area contributed by atoms with E-state index in [0.717, 1.165) is 44.6 Å². The molecule has 0 saturated carbocycles. The molecule has 2 saturated heterocycles. The molecule has 0 radical (unpaired) electrons. The van der Waals surface area contributed by atoms with Gasteiger partial charge in [-0.15, -0.1) is 24.0 Å². The number of carbonyl (C=O) groups excluding carboxylic acids is 1.